The van der Waals surface area contributed by atoms with E-state index < -0.39 is 6.10 Å². The van der Waals surface area contributed by atoms with Gasteiger partial charge in [-0.2, -0.15) is 0 Å². The summed E-state index contributed by atoms with van der Waals surface area (Å²) in [7, 11) is 0. The number of aryl methyl sites for hydroxylation is 1. The summed E-state index contributed by atoms with van der Waals surface area (Å²) in [5, 5.41) is 18.5. The lowest BCUT2D eigenvalue weighted by Crippen LogP contribution is -2.42. The second-order valence-electron chi connectivity index (χ2n) is 5.91. The van der Waals surface area contributed by atoms with Crippen LogP contribution in [-0.2, 0) is 11.3 Å². The van der Waals surface area contributed by atoms with Crippen molar-refractivity contribution >= 4 is 5.91 Å². The van der Waals surface area contributed by atoms with Crippen LogP contribution in [0.15, 0.2) is 36.7 Å². The van der Waals surface area contributed by atoms with Crippen LogP contribution in [0.1, 0.15) is 43.2 Å². The van der Waals surface area contributed by atoms with Crippen LogP contribution < -0.4 is 0 Å². The molecule has 1 aliphatic heterocycles. The number of hydrogen-bond donors (Lipinski definition) is 1. The molecule has 6 nitrogen and oxygen atoms in total. The second-order valence-corrected chi connectivity index (χ2v) is 5.91. The Morgan fingerprint density at radius 1 is 1.39 bits per heavy atom. The van der Waals surface area contributed by atoms with Gasteiger partial charge in [0.1, 0.15) is 12.2 Å². The molecule has 1 aliphatic rings. The molecule has 1 N–H and O–H groups in total. The lowest BCUT2D eigenvalue weighted by Gasteiger charge is -2.33. The summed E-state index contributed by atoms with van der Waals surface area (Å²) in [6.45, 7) is 4.14. The van der Waals surface area contributed by atoms with Crippen LogP contribution in [-0.4, -0.2) is 43.8 Å². The summed E-state index contributed by atoms with van der Waals surface area (Å²) in [6.07, 6.45) is 2.53. The van der Waals surface area contributed by atoms with Crippen molar-refractivity contribution in [1.82, 2.24) is 19.7 Å². The number of carbonyl (C=O) groups excluding carboxylic acids is 1. The number of hydrogen-bond acceptors (Lipinski definition) is 4. The Hall–Kier alpha value is -2.21. The van der Waals surface area contributed by atoms with Gasteiger partial charge < -0.3 is 14.6 Å². The molecule has 1 saturated heterocycles. The van der Waals surface area contributed by atoms with Crippen molar-refractivity contribution < 1.29 is 9.90 Å². The molecule has 122 valence electrons. The lowest BCUT2D eigenvalue weighted by molar-refractivity contribution is -0.141. The molecule has 3 rings (SSSR count). The van der Waals surface area contributed by atoms with Crippen LogP contribution in [0.25, 0.3) is 0 Å². The molecule has 1 aromatic heterocycles. The molecule has 1 aromatic carbocycles. The number of piperidine rings is 1. The Kier molecular flexibility index (Phi) is 4.71. The zero-order valence-electron chi connectivity index (χ0n) is 13.3. The third-order valence-corrected chi connectivity index (χ3v) is 4.43. The van der Waals surface area contributed by atoms with Gasteiger partial charge in [0.2, 0.25) is 0 Å². The minimum atomic E-state index is -1.10. The lowest BCUT2D eigenvalue weighted by atomic mass is 9.96. The fraction of sp³-hybridized carbons (Fsp3) is 0.471. The molecular formula is C17H22N4O2. The molecule has 0 aliphatic carbocycles. The molecule has 2 aromatic rings. The molecular weight excluding hydrogens is 292 g/mol. The summed E-state index contributed by atoms with van der Waals surface area (Å²) < 4.78 is 2.02. The first-order chi connectivity index (χ1) is 11.2. The Balaban J connectivity index is 1.72. The van der Waals surface area contributed by atoms with Crippen LogP contribution in [0.3, 0.4) is 0 Å². The number of nitrogens with zero attached hydrogens (tertiary/aromatic N) is 4. The highest BCUT2D eigenvalue weighted by atomic mass is 16.3. The van der Waals surface area contributed by atoms with E-state index in [0.29, 0.717) is 18.7 Å². The molecule has 23 heavy (non-hydrogen) atoms. The Labute approximate surface area is 135 Å². The molecule has 0 bridgehead atoms. The van der Waals surface area contributed by atoms with Crippen molar-refractivity contribution in [1.29, 1.82) is 0 Å². The quantitative estimate of drug-likeness (QED) is 0.933. The van der Waals surface area contributed by atoms with E-state index in [9.17, 15) is 9.90 Å². The fourth-order valence-corrected chi connectivity index (χ4v) is 3.16. The zero-order chi connectivity index (χ0) is 16.2. The van der Waals surface area contributed by atoms with Crippen LogP contribution in [0.5, 0.6) is 0 Å². The van der Waals surface area contributed by atoms with E-state index in [0.717, 1.165) is 25.2 Å². The van der Waals surface area contributed by atoms with Crippen molar-refractivity contribution in [3.8, 4) is 0 Å². The summed E-state index contributed by atoms with van der Waals surface area (Å²) >= 11 is 0. The van der Waals surface area contributed by atoms with Gasteiger partial charge in [-0.05, 0) is 25.3 Å². The van der Waals surface area contributed by atoms with Crippen molar-refractivity contribution in [2.24, 2.45) is 0 Å². The molecule has 1 fully saturated rings. The first-order valence-electron chi connectivity index (χ1n) is 8.10. The third kappa shape index (κ3) is 3.27. The smallest absolute Gasteiger partial charge is 0.256 e. The van der Waals surface area contributed by atoms with Crippen molar-refractivity contribution in [2.45, 2.75) is 38.3 Å². The van der Waals surface area contributed by atoms with Gasteiger partial charge in [0.15, 0.2) is 6.10 Å². The summed E-state index contributed by atoms with van der Waals surface area (Å²) in [5.41, 5.74) is 0.636. The average molecular weight is 314 g/mol. The SMILES string of the molecule is CCn1cnnc1C1CCCN(C(=O)C(O)c2ccccc2)C1. The highest BCUT2D eigenvalue weighted by Crippen LogP contribution is 2.27. The Morgan fingerprint density at radius 2 is 2.17 bits per heavy atom. The van der Waals surface area contributed by atoms with Crippen molar-refractivity contribution in [2.75, 3.05) is 13.1 Å². The van der Waals surface area contributed by atoms with Crippen LogP contribution in [0.2, 0.25) is 0 Å². The van der Waals surface area contributed by atoms with Crippen LogP contribution in [0.4, 0.5) is 0 Å². The minimum absolute atomic E-state index is 0.179. The van der Waals surface area contributed by atoms with Gasteiger partial charge in [0.25, 0.3) is 5.91 Å². The van der Waals surface area contributed by atoms with Gasteiger partial charge in [-0.1, -0.05) is 30.3 Å². The number of aliphatic hydroxyl groups excluding tert-OH is 1. The van der Waals surface area contributed by atoms with E-state index in [1.54, 1.807) is 23.4 Å². The summed E-state index contributed by atoms with van der Waals surface area (Å²) in [5.74, 6) is 0.876. The molecule has 1 amide bonds. The van der Waals surface area contributed by atoms with Gasteiger partial charge in [-0.25, -0.2) is 0 Å². The maximum atomic E-state index is 12.6. The van der Waals surface area contributed by atoms with E-state index in [1.807, 2.05) is 22.8 Å². The highest BCUT2D eigenvalue weighted by Gasteiger charge is 2.31. The number of benzene rings is 1. The maximum Gasteiger partial charge on any atom is 0.256 e. The van der Waals surface area contributed by atoms with E-state index in [2.05, 4.69) is 17.1 Å². The normalized spacial score (nSPS) is 19.6. The largest absolute Gasteiger partial charge is 0.378 e. The average Bonchev–Trinajstić information content (AvgIpc) is 3.10. The van der Waals surface area contributed by atoms with Crippen molar-refractivity contribution in [3.05, 3.63) is 48.0 Å². The van der Waals surface area contributed by atoms with Gasteiger partial charge in [0, 0.05) is 25.6 Å². The summed E-state index contributed by atoms with van der Waals surface area (Å²) in [6, 6.07) is 9.08. The molecule has 6 heteroatoms. The molecule has 2 unspecified atom stereocenters. The highest BCUT2D eigenvalue weighted by molar-refractivity contribution is 5.82. The molecule has 0 spiro atoms. The molecule has 2 atom stereocenters. The topological polar surface area (TPSA) is 71.2 Å². The van der Waals surface area contributed by atoms with Gasteiger partial charge in [0.05, 0.1) is 0 Å². The molecule has 0 saturated carbocycles. The number of aliphatic hydroxyl groups is 1. The monoisotopic (exact) mass is 314 g/mol. The van der Waals surface area contributed by atoms with Gasteiger partial charge in [-0.3, -0.25) is 4.79 Å². The third-order valence-electron chi connectivity index (χ3n) is 4.43. The van der Waals surface area contributed by atoms with Crippen LogP contribution in [0, 0.1) is 0 Å². The predicted octanol–water partition coefficient (Wildman–Crippen LogP) is 1.74. The number of amides is 1. The second kappa shape index (κ2) is 6.91. The van der Waals surface area contributed by atoms with E-state index in [1.165, 1.54) is 0 Å². The predicted molar refractivity (Wildman–Crippen MR) is 85.7 cm³/mol. The van der Waals surface area contributed by atoms with Crippen LogP contribution >= 0.6 is 0 Å². The standard InChI is InChI=1S/C17H22N4O2/c1-2-20-12-18-19-16(20)14-9-6-10-21(11-14)17(23)15(22)13-7-4-3-5-8-13/h3-5,7-8,12,14-15,22H,2,6,9-11H2,1H3. The van der Waals surface area contributed by atoms with Crippen molar-refractivity contribution in [3.63, 3.8) is 0 Å². The number of likely N-dealkylation sites (tertiary alicyclic amines) is 1. The van der Waals surface area contributed by atoms with Gasteiger partial charge in [-0.15, -0.1) is 10.2 Å². The first kappa shape index (κ1) is 15.7. The van der Waals surface area contributed by atoms with E-state index in [4.69, 9.17) is 0 Å². The Bertz CT molecular complexity index is 656. The first-order valence-corrected chi connectivity index (χ1v) is 8.10. The number of aromatic nitrogens is 3. The fourth-order valence-electron chi connectivity index (χ4n) is 3.16. The molecule has 0 radical (unpaired) electrons. The van der Waals surface area contributed by atoms with E-state index in [-0.39, 0.29) is 11.8 Å². The number of rotatable bonds is 4. The van der Waals surface area contributed by atoms with E-state index >= 15 is 0 Å². The van der Waals surface area contributed by atoms with Gasteiger partial charge >= 0.3 is 0 Å². The minimum Gasteiger partial charge on any atom is -0.378 e. The summed E-state index contributed by atoms with van der Waals surface area (Å²) in [4.78, 5) is 14.4. The zero-order valence-corrected chi connectivity index (χ0v) is 13.3. The Morgan fingerprint density at radius 3 is 2.91 bits per heavy atom. The molecule has 2 heterocycles. The number of carbonyl (C=O) groups is 1. The maximum absolute atomic E-state index is 12.6.